The van der Waals surface area contributed by atoms with Crippen LogP contribution in [0.3, 0.4) is 0 Å². The summed E-state index contributed by atoms with van der Waals surface area (Å²) in [7, 11) is 5.28. The van der Waals surface area contributed by atoms with Gasteiger partial charge in [0.1, 0.15) is 30.0 Å². The number of rotatable bonds is 15. The van der Waals surface area contributed by atoms with Crippen LogP contribution in [0.4, 0.5) is 0 Å². The van der Waals surface area contributed by atoms with E-state index in [1.54, 1.807) is 46.2 Å². The van der Waals surface area contributed by atoms with Crippen LogP contribution in [0.25, 0.3) is 11.1 Å². The predicted molar refractivity (Wildman–Crippen MR) is 291 cm³/mol. The summed E-state index contributed by atoms with van der Waals surface area (Å²) in [5.41, 5.74) is 1.04. The number of aliphatic hydroxyl groups is 6. The monoisotopic (exact) mass is 1090 g/mol. The molecule has 0 spiro atoms. The third-order valence-corrected chi connectivity index (χ3v) is 17.2. The van der Waals surface area contributed by atoms with Gasteiger partial charge in [-0.1, -0.05) is 79.7 Å². The molecule has 5 heterocycles. The second-order valence-electron chi connectivity index (χ2n) is 23.8. The molecule has 0 unspecified atom stereocenters. The van der Waals surface area contributed by atoms with Crippen LogP contribution in [0.5, 0.6) is 0 Å². The second kappa shape index (κ2) is 25.8. The van der Waals surface area contributed by atoms with Gasteiger partial charge in [0.05, 0.1) is 66.1 Å². The van der Waals surface area contributed by atoms with Crippen molar-refractivity contribution in [1.29, 1.82) is 0 Å². The van der Waals surface area contributed by atoms with Crippen molar-refractivity contribution in [3.05, 3.63) is 71.5 Å². The molecule has 1 aromatic heterocycles. The maximum absolute atomic E-state index is 14.5. The molecule has 0 radical (unpaired) electrons. The maximum Gasteiger partial charge on any atom is 0.311 e. The Hall–Kier alpha value is -4.00. The minimum Gasteiger partial charge on any atom is -0.459 e. The third kappa shape index (κ3) is 14.2. The molecule has 0 bridgehead atoms. The average molecular weight is 1100 g/mol. The third-order valence-electron chi connectivity index (χ3n) is 17.2. The van der Waals surface area contributed by atoms with E-state index in [2.05, 4.69) is 32.5 Å². The van der Waals surface area contributed by atoms with Gasteiger partial charge >= 0.3 is 5.97 Å². The average Bonchev–Trinajstić information content (AvgIpc) is 4.08. The molecule has 0 amide bonds. The molecule has 436 valence electrons. The van der Waals surface area contributed by atoms with Crippen molar-refractivity contribution in [2.45, 2.75) is 217 Å². The lowest BCUT2D eigenvalue weighted by Gasteiger charge is -2.49. The van der Waals surface area contributed by atoms with Gasteiger partial charge in [0.15, 0.2) is 18.7 Å². The zero-order chi connectivity index (χ0) is 57.0. The number of benzene rings is 2. The van der Waals surface area contributed by atoms with Gasteiger partial charge < -0.3 is 73.7 Å². The Morgan fingerprint density at radius 3 is 2.18 bits per heavy atom. The lowest BCUT2D eigenvalue weighted by molar-refractivity contribution is -0.318. The second-order valence-corrected chi connectivity index (χ2v) is 23.8. The highest BCUT2D eigenvalue weighted by Crippen LogP contribution is 2.40. The van der Waals surface area contributed by atoms with Gasteiger partial charge in [-0.3, -0.25) is 4.79 Å². The van der Waals surface area contributed by atoms with Crippen LogP contribution < -0.4 is 0 Å². The van der Waals surface area contributed by atoms with Gasteiger partial charge in [0, 0.05) is 63.7 Å². The van der Waals surface area contributed by atoms with E-state index in [1.807, 2.05) is 82.4 Å². The Kier molecular flexibility index (Phi) is 20.4. The number of carbonyl (C=O) groups excluding carboxylic acids is 1. The molecule has 19 atom stereocenters. The fraction of sp³-hybridized carbons (Fsp3) is 0.724. The van der Waals surface area contributed by atoms with Gasteiger partial charge in [-0.25, -0.2) is 4.68 Å². The number of ether oxygens (including phenoxy) is 6. The first-order valence-corrected chi connectivity index (χ1v) is 28.0. The quantitative estimate of drug-likeness (QED) is 0.115. The van der Waals surface area contributed by atoms with Crippen LogP contribution in [-0.4, -0.2) is 198 Å². The number of hydrogen-bond donors (Lipinski definition) is 6. The van der Waals surface area contributed by atoms with E-state index in [4.69, 9.17) is 33.3 Å². The van der Waals surface area contributed by atoms with Crippen molar-refractivity contribution in [3.63, 3.8) is 0 Å². The summed E-state index contributed by atoms with van der Waals surface area (Å²) >= 11 is 0. The van der Waals surface area contributed by atoms with E-state index >= 15 is 0 Å². The van der Waals surface area contributed by atoms with Crippen LogP contribution in [0, 0.1) is 17.8 Å². The lowest BCUT2D eigenvalue weighted by Crippen LogP contribution is -2.61. The minimum atomic E-state index is -1.84. The number of methoxy groups -OCH3 is 1. The summed E-state index contributed by atoms with van der Waals surface area (Å²) in [5, 5.41) is 82.6. The number of cyclic esters (lactones) is 1. The fourth-order valence-corrected chi connectivity index (χ4v) is 12.2. The van der Waals surface area contributed by atoms with Gasteiger partial charge in [-0.05, 0) is 110 Å². The number of oxime groups is 1. The molecule has 20 nitrogen and oxygen atoms in total. The van der Waals surface area contributed by atoms with Crippen molar-refractivity contribution >= 4 is 11.7 Å². The molecule has 7 rings (SSSR count). The highest BCUT2D eigenvalue weighted by atomic mass is 16.7. The molecule has 20 heteroatoms. The summed E-state index contributed by atoms with van der Waals surface area (Å²) < 4.78 is 40.2. The fourth-order valence-electron chi connectivity index (χ4n) is 12.2. The van der Waals surface area contributed by atoms with E-state index in [9.17, 15) is 35.4 Å². The van der Waals surface area contributed by atoms with Crippen molar-refractivity contribution in [3.8, 4) is 11.1 Å². The van der Waals surface area contributed by atoms with Gasteiger partial charge in [0.2, 0.25) is 0 Å². The molecule has 4 aliphatic heterocycles. The van der Waals surface area contributed by atoms with Crippen LogP contribution >= 0.6 is 0 Å². The molecule has 0 saturated carbocycles. The summed E-state index contributed by atoms with van der Waals surface area (Å²) in [4.78, 5) is 24.4. The molecular formula is C58H90N6O14. The Morgan fingerprint density at radius 2 is 1.54 bits per heavy atom. The number of aliphatic hydroxyl groups excluding tert-OH is 4. The zero-order valence-electron chi connectivity index (χ0n) is 48.1. The lowest BCUT2D eigenvalue weighted by atomic mass is 9.77. The summed E-state index contributed by atoms with van der Waals surface area (Å²) in [6.45, 7) is 19.0. The largest absolute Gasteiger partial charge is 0.459 e. The number of nitrogens with zero attached hydrogens (tertiary/aromatic N) is 6. The van der Waals surface area contributed by atoms with Crippen LogP contribution in [-0.2, 0) is 57.6 Å². The van der Waals surface area contributed by atoms with Crippen LogP contribution in [0.15, 0.2) is 59.9 Å². The van der Waals surface area contributed by atoms with E-state index < -0.39 is 102 Å². The van der Waals surface area contributed by atoms with Crippen molar-refractivity contribution in [1.82, 2.24) is 24.8 Å². The smallest absolute Gasteiger partial charge is 0.311 e. The predicted octanol–water partition coefficient (Wildman–Crippen LogP) is 4.46. The van der Waals surface area contributed by atoms with Gasteiger partial charge in [0.25, 0.3) is 0 Å². The topological polar surface area (TPSA) is 253 Å². The molecule has 4 aliphatic rings. The molecule has 2 aromatic carbocycles. The summed E-state index contributed by atoms with van der Waals surface area (Å²) in [5.74, 6) is -2.81. The Morgan fingerprint density at radius 1 is 0.885 bits per heavy atom. The molecular weight excluding hydrogens is 1000 g/mol. The maximum atomic E-state index is 14.5. The van der Waals surface area contributed by atoms with Crippen LogP contribution in [0.2, 0.25) is 0 Å². The number of likely N-dealkylation sites (N-methyl/N-ethyl adjacent to an activating group) is 2. The molecule has 78 heavy (non-hydrogen) atoms. The standard InChI is InChI=1S/C58H90N6O14/c1-14-47-58(10,71)51(67)37(6)63(12)29-33(2)27-56(8,70)53(35(4)50(36(5)54(69)75-47)76-48-28-57(9,72-13)52(68)38(7)74-48)77-55-49(66)46(25-34(3)73-55)62(11)24-23-43-30-64(61-59-43)31-44-26-45(60-78-44)42-21-19-41(20-22-42)40-17-15-39(32-65)16-18-40/h15-22,30,33-38,44,46-53,55,65-68,70-71H,14,23-29,31-32H2,1-13H3/t33-,34-,35+,36-,37-,38+,44-,46+,47-,48+,49-,50+,51-,52+,53-,55+,56-,57-,58-/m1/s1. The Labute approximate surface area is 460 Å². The van der Waals surface area contributed by atoms with Gasteiger partial charge in [-0.2, -0.15) is 0 Å². The zero-order valence-corrected chi connectivity index (χ0v) is 48.1. The van der Waals surface area contributed by atoms with E-state index in [-0.39, 0.29) is 44.0 Å². The van der Waals surface area contributed by atoms with E-state index in [1.165, 1.54) is 14.0 Å². The first-order valence-electron chi connectivity index (χ1n) is 28.0. The number of aromatic nitrogens is 3. The Bertz CT molecular complexity index is 2420. The van der Waals surface area contributed by atoms with E-state index in [0.29, 0.717) is 38.9 Å². The SMILES string of the molecule is CC[C@H]1OC(=O)[C@H](C)[C@@H](O[C@H]2C[C@@](C)(OC)[C@@H](O)[C@H](C)O2)[C@H](C)[C@@H](O[C@@H]2O[C@H](C)C[C@H](N(C)CCc3cn(C[C@H]4CC(c5ccc(-c6ccc(CO)cc6)cc5)=NO4)nn3)[C@H]2O)[C@](C)(O)C[C@@H](C)CN(C)[C@H](C)[C@@H](O)[C@]1(C)O. The summed E-state index contributed by atoms with van der Waals surface area (Å²) in [6, 6.07) is 15.0. The normalized spacial score (nSPS) is 38.8. The number of esters is 1. The first-order chi connectivity index (χ1) is 36.8. The van der Waals surface area contributed by atoms with Crippen LogP contribution in [0.1, 0.15) is 118 Å². The van der Waals surface area contributed by atoms with Gasteiger partial charge in [-0.15, -0.1) is 5.10 Å². The number of carbonyl (C=O) groups is 1. The minimum absolute atomic E-state index is 0.00684. The number of hydrogen-bond acceptors (Lipinski definition) is 19. The Balaban J connectivity index is 1.06. The molecule has 3 fully saturated rings. The van der Waals surface area contributed by atoms with Crippen molar-refractivity contribution in [2.75, 3.05) is 34.3 Å². The highest BCUT2D eigenvalue weighted by molar-refractivity contribution is 6.01. The molecule has 0 aliphatic carbocycles. The highest BCUT2D eigenvalue weighted by Gasteiger charge is 2.53. The first kappa shape index (κ1) is 61.6. The van der Waals surface area contributed by atoms with Crippen molar-refractivity contribution in [2.24, 2.45) is 22.9 Å². The molecule has 3 aromatic rings. The summed E-state index contributed by atoms with van der Waals surface area (Å²) in [6.07, 6.45) is -6.34. The molecule has 3 saturated heterocycles. The van der Waals surface area contributed by atoms with Crippen molar-refractivity contribution < 1.29 is 68.7 Å². The molecule has 6 N–H and O–H groups in total. The van der Waals surface area contributed by atoms with E-state index in [0.717, 1.165) is 33.7 Å².